The number of nitrogens with zero attached hydrogens (tertiary/aromatic N) is 2. The molecule has 2 N–H and O–H groups in total. The van der Waals surface area contributed by atoms with E-state index in [-0.39, 0.29) is 49.4 Å². The maximum absolute atomic E-state index is 14.8. The van der Waals surface area contributed by atoms with Gasteiger partial charge in [0.2, 0.25) is 0 Å². The number of likely N-dealkylation sites (N-methyl/N-ethyl adjacent to an activating group) is 1. The van der Waals surface area contributed by atoms with Crippen molar-refractivity contribution in [2.45, 2.75) is 50.5 Å². The van der Waals surface area contributed by atoms with Crippen LogP contribution in [0.15, 0.2) is 54.6 Å². The highest BCUT2D eigenvalue weighted by atomic mass is 19.1. The van der Waals surface area contributed by atoms with Gasteiger partial charge in [0, 0.05) is 56.2 Å². The molecule has 1 aliphatic heterocycles. The highest BCUT2D eigenvalue weighted by molar-refractivity contribution is 5.96. The lowest BCUT2D eigenvalue weighted by atomic mass is 9.75. The van der Waals surface area contributed by atoms with E-state index in [0.29, 0.717) is 55.0 Å². The Morgan fingerprint density at radius 2 is 1.65 bits per heavy atom. The van der Waals surface area contributed by atoms with Gasteiger partial charge in [-0.2, -0.15) is 0 Å². The Kier molecular flexibility index (Phi) is 10.5. The van der Waals surface area contributed by atoms with Crippen LogP contribution in [0, 0.1) is 11.6 Å². The lowest BCUT2D eigenvalue weighted by molar-refractivity contribution is -0.138. The SMILES string of the molecule is CN1CCN(C(=O)c2cc(OC3CC(c4cccc(OCCCC(=O)O)c4CCC(=O)O)C3)cc(-c3ccc(F)cc3F)c2)CC1. The van der Waals surface area contributed by atoms with E-state index in [1.807, 2.05) is 19.2 Å². The Morgan fingerprint density at radius 1 is 0.913 bits per heavy atom. The zero-order valence-corrected chi connectivity index (χ0v) is 25.7. The van der Waals surface area contributed by atoms with Gasteiger partial charge in [-0.15, -0.1) is 0 Å². The Balaban J connectivity index is 1.34. The van der Waals surface area contributed by atoms with Gasteiger partial charge in [-0.1, -0.05) is 12.1 Å². The molecule has 1 aliphatic carbocycles. The van der Waals surface area contributed by atoms with Crippen LogP contribution < -0.4 is 9.47 Å². The first kappa shape index (κ1) is 32.9. The summed E-state index contributed by atoms with van der Waals surface area (Å²) in [5.74, 6) is -2.43. The molecular weight excluding hydrogens is 598 g/mol. The summed E-state index contributed by atoms with van der Waals surface area (Å²) >= 11 is 0. The molecule has 0 atom stereocenters. The van der Waals surface area contributed by atoms with E-state index in [2.05, 4.69) is 4.90 Å². The minimum absolute atomic E-state index is 0.0243. The van der Waals surface area contributed by atoms with Crippen LogP contribution >= 0.6 is 0 Å². The average Bonchev–Trinajstić information content (AvgIpc) is 3.00. The number of ether oxygens (including phenoxy) is 2. The van der Waals surface area contributed by atoms with Gasteiger partial charge in [-0.25, -0.2) is 8.78 Å². The van der Waals surface area contributed by atoms with Gasteiger partial charge in [-0.05, 0) is 91.7 Å². The standard InChI is InChI=1S/C35H38F2N2O7/c1-38-11-13-39(14-12-38)35(44)24-16-22(29-8-7-25(36)21-31(29)37)17-27(20-24)46-26-18-23(19-26)28-4-2-5-32(30(28)9-10-34(42)43)45-15-3-6-33(40)41/h2,4-5,7-8,16-17,20-21,23,26H,3,6,9-15,18-19H2,1H3,(H,40,41)(H,42,43). The second-order valence-electron chi connectivity index (χ2n) is 11.9. The molecule has 1 heterocycles. The van der Waals surface area contributed by atoms with Crippen molar-refractivity contribution in [1.82, 2.24) is 9.80 Å². The number of amides is 1. The Bertz CT molecular complexity index is 1580. The number of carboxylic acids is 2. The highest BCUT2D eigenvalue weighted by Gasteiger charge is 2.34. The van der Waals surface area contributed by atoms with Crippen molar-refractivity contribution >= 4 is 17.8 Å². The number of carbonyl (C=O) groups excluding carboxylic acids is 1. The zero-order valence-electron chi connectivity index (χ0n) is 25.7. The van der Waals surface area contributed by atoms with Crippen LogP contribution in [-0.4, -0.2) is 83.8 Å². The topological polar surface area (TPSA) is 117 Å². The van der Waals surface area contributed by atoms with E-state index in [1.165, 1.54) is 12.1 Å². The molecule has 244 valence electrons. The van der Waals surface area contributed by atoms with Crippen LogP contribution in [0.5, 0.6) is 11.5 Å². The molecule has 2 fully saturated rings. The van der Waals surface area contributed by atoms with E-state index < -0.39 is 23.6 Å². The number of rotatable bonds is 13. The maximum atomic E-state index is 14.8. The minimum atomic E-state index is -0.930. The molecule has 3 aromatic carbocycles. The quantitative estimate of drug-likeness (QED) is 0.233. The van der Waals surface area contributed by atoms with E-state index in [1.54, 1.807) is 29.2 Å². The van der Waals surface area contributed by atoms with Crippen LogP contribution in [0.2, 0.25) is 0 Å². The van der Waals surface area contributed by atoms with Crippen LogP contribution in [0.1, 0.15) is 59.5 Å². The number of hydrogen-bond donors (Lipinski definition) is 2. The van der Waals surface area contributed by atoms with Gasteiger partial charge in [0.05, 0.1) is 12.7 Å². The summed E-state index contributed by atoms with van der Waals surface area (Å²) in [6, 6.07) is 13.9. The normalized spacial score (nSPS) is 18.1. The molecule has 5 rings (SSSR count). The fourth-order valence-corrected chi connectivity index (χ4v) is 5.98. The van der Waals surface area contributed by atoms with E-state index in [4.69, 9.17) is 14.6 Å². The second kappa shape index (κ2) is 14.7. The van der Waals surface area contributed by atoms with Crippen molar-refractivity contribution in [2.24, 2.45) is 0 Å². The first-order valence-electron chi connectivity index (χ1n) is 15.5. The number of aliphatic carboxylic acids is 2. The van der Waals surface area contributed by atoms with Gasteiger partial charge in [0.15, 0.2) is 0 Å². The molecule has 2 aliphatic rings. The van der Waals surface area contributed by atoms with E-state index in [0.717, 1.165) is 30.3 Å². The predicted molar refractivity (Wildman–Crippen MR) is 166 cm³/mol. The Labute approximate surface area is 266 Å². The van der Waals surface area contributed by atoms with Crippen molar-refractivity contribution in [3.05, 3.63) is 82.9 Å². The third kappa shape index (κ3) is 8.20. The summed E-state index contributed by atoms with van der Waals surface area (Å²) in [5.41, 5.74) is 2.68. The van der Waals surface area contributed by atoms with Crippen LogP contribution in [0.25, 0.3) is 11.1 Å². The molecule has 0 spiro atoms. The summed E-state index contributed by atoms with van der Waals surface area (Å²) < 4.78 is 40.7. The number of hydrogen-bond acceptors (Lipinski definition) is 6. The van der Waals surface area contributed by atoms with Gasteiger partial charge in [-0.3, -0.25) is 14.4 Å². The number of carboxylic acid groups (broad SMARTS) is 2. The number of halogens is 2. The number of piperazine rings is 1. The molecule has 3 aromatic rings. The molecule has 9 nitrogen and oxygen atoms in total. The molecule has 1 saturated heterocycles. The van der Waals surface area contributed by atoms with Gasteiger partial charge >= 0.3 is 11.9 Å². The lowest BCUT2D eigenvalue weighted by Gasteiger charge is -2.37. The van der Waals surface area contributed by atoms with Gasteiger partial charge in [0.25, 0.3) is 5.91 Å². The van der Waals surface area contributed by atoms with Crippen molar-refractivity contribution in [1.29, 1.82) is 0 Å². The summed E-state index contributed by atoms with van der Waals surface area (Å²) in [6.07, 6.45) is 1.54. The van der Waals surface area contributed by atoms with Crippen molar-refractivity contribution < 1.29 is 42.9 Å². The first-order valence-corrected chi connectivity index (χ1v) is 15.5. The zero-order chi connectivity index (χ0) is 32.8. The van der Waals surface area contributed by atoms with E-state index in [9.17, 15) is 28.3 Å². The molecule has 46 heavy (non-hydrogen) atoms. The van der Waals surface area contributed by atoms with Crippen molar-refractivity contribution in [3.63, 3.8) is 0 Å². The summed E-state index contributed by atoms with van der Waals surface area (Å²) in [5, 5.41) is 18.3. The largest absolute Gasteiger partial charge is 0.493 e. The number of carbonyl (C=O) groups is 3. The molecule has 0 unspecified atom stereocenters. The fourth-order valence-electron chi connectivity index (χ4n) is 5.98. The third-order valence-corrected chi connectivity index (χ3v) is 8.57. The molecule has 0 bridgehead atoms. The van der Waals surface area contributed by atoms with Crippen molar-refractivity contribution in [3.8, 4) is 22.6 Å². The molecule has 11 heteroatoms. The van der Waals surface area contributed by atoms with E-state index >= 15 is 0 Å². The minimum Gasteiger partial charge on any atom is -0.493 e. The Hall–Kier alpha value is -4.51. The fraction of sp³-hybridized carbons (Fsp3) is 0.400. The smallest absolute Gasteiger partial charge is 0.303 e. The maximum Gasteiger partial charge on any atom is 0.303 e. The second-order valence-corrected chi connectivity index (χ2v) is 11.9. The first-order chi connectivity index (χ1) is 22.1. The van der Waals surface area contributed by atoms with Crippen molar-refractivity contribution in [2.75, 3.05) is 39.8 Å². The molecule has 1 saturated carbocycles. The predicted octanol–water partition coefficient (Wildman–Crippen LogP) is 5.61. The third-order valence-electron chi connectivity index (χ3n) is 8.57. The number of benzene rings is 3. The molecule has 0 radical (unpaired) electrons. The summed E-state index contributed by atoms with van der Waals surface area (Å²) in [6.45, 7) is 2.82. The van der Waals surface area contributed by atoms with Crippen LogP contribution in [0.4, 0.5) is 8.78 Å². The highest BCUT2D eigenvalue weighted by Crippen LogP contribution is 2.43. The average molecular weight is 637 g/mol. The van der Waals surface area contributed by atoms with Gasteiger partial charge in [0.1, 0.15) is 23.1 Å². The monoisotopic (exact) mass is 636 g/mol. The molecule has 1 amide bonds. The molecule has 0 aromatic heterocycles. The van der Waals surface area contributed by atoms with Crippen LogP contribution in [0.3, 0.4) is 0 Å². The van der Waals surface area contributed by atoms with Gasteiger partial charge < -0.3 is 29.5 Å². The Morgan fingerprint density at radius 3 is 2.35 bits per heavy atom. The summed E-state index contributed by atoms with van der Waals surface area (Å²) in [4.78, 5) is 39.7. The lowest BCUT2D eigenvalue weighted by Crippen LogP contribution is -2.47. The summed E-state index contributed by atoms with van der Waals surface area (Å²) in [7, 11) is 2.00. The van der Waals surface area contributed by atoms with Crippen LogP contribution in [-0.2, 0) is 16.0 Å². The molecular formula is C35H38F2N2O7.